The van der Waals surface area contributed by atoms with Crippen molar-refractivity contribution in [2.45, 2.75) is 58.7 Å². The molecule has 0 aliphatic heterocycles. The van der Waals surface area contributed by atoms with Crippen LogP contribution < -0.4 is 0 Å². The summed E-state index contributed by atoms with van der Waals surface area (Å²) in [6.07, 6.45) is 3.63. The number of rotatable bonds is 6. The Morgan fingerprint density at radius 2 is 2.00 bits per heavy atom. The third-order valence-electron chi connectivity index (χ3n) is 3.21. The molecule has 3 nitrogen and oxygen atoms in total. The van der Waals surface area contributed by atoms with Gasteiger partial charge in [-0.25, -0.2) is 0 Å². The fourth-order valence-electron chi connectivity index (χ4n) is 2.18. The quantitative estimate of drug-likeness (QED) is 0.712. The molecule has 1 aliphatic rings. The molecule has 16 heavy (non-hydrogen) atoms. The lowest BCUT2D eigenvalue weighted by molar-refractivity contribution is -0.0967. The average Bonchev–Trinajstić information content (AvgIpc) is 2.23. The fraction of sp³-hybridized carbons (Fsp3) is 1.00. The van der Waals surface area contributed by atoms with Crippen molar-refractivity contribution in [1.29, 1.82) is 0 Å². The molecule has 1 saturated carbocycles. The monoisotopic (exact) mass is 230 g/mol. The van der Waals surface area contributed by atoms with Gasteiger partial charge in [0.1, 0.15) is 0 Å². The van der Waals surface area contributed by atoms with Crippen LogP contribution in [0.2, 0.25) is 0 Å². The van der Waals surface area contributed by atoms with Gasteiger partial charge in [-0.2, -0.15) is 0 Å². The molecule has 0 saturated heterocycles. The maximum Gasteiger partial charge on any atom is 0.0840 e. The van der Waals surface area contributed by atoms with E-state index in [-0.39, 0.29) is 12.2 Å². The van der Waals surface area contributed by atoms with Gasteiger partial charge >= 0.3 is 0 Å². The van der Waals surface area contributed by atoms with Crippen LogP contribution in [0.4, 0.5) is 0 Å². The highest BCUT2D eigenvalue weighted by atomic mass is 16.5. The van der Waals surface area contributed by atoms with Gasteiger partial charge < -0.3 is 14.6 Å². The Bertz CT molecular complexity index is 192. The van der Waals surface area contributed by atoms with Crippen LogP contribution in [-0.2, 0) is 9.47 Å². The van der Waals surface area contributed by atoms with Gasteiger partial charge in [0.2, 0.25) is 0 Å². The summed E-state index contributed by atoms with van der Waals surface area (Å²) in [5.74, 6) is 0. The van der Waals surface area contributed by atoms with Gasteiger partial charge in [-0.3, -0.25) is 0 Å². The van der Waals surface area contributed by atoms with Crippen LogP contribution >= 0.6 is 0 Å². The molecule has 1 N–H and O–H groups in total. The Hall–Kier alpha value is -0.120. The molecule has 0 aromatic heterocycles. The van der Waals surface area contributed by atoms with E-state index in [0.717, 1.165) is 32.3 Å². The molecule has 1 aliphatic carbocycles. The second kappa shape index (κ2) is 6.58. The molecule has 2 unspecified atom stereocenters. The van der Waals surface area contributed by atoms with E-state index >= 15 is 0 Å². The van der Waals surface area contributed by atoms with E-state index in [1.807, 2.05) is 0 Å². The first-order chi connectivity index (χ1) is 7.55. The zero-order valence-corrected chi connectivity index (χ0v) is 10.9. The maximum absolute atomic E-state index is 9.84. The van der Waals surface area contributed by atoms with Crippen molar-refractivity contribution in [1.82, 2.24) is 0 Å². The van der Waals surface area contributed by atoms with E-state index in [4.69, 9.17) is 9.47 Å². The van der Waals surface area contributed by atoms with Crippen molar-refractivity contribution in [2.24, 2.45) is 5.41 Å². The van der Waals surface area contributed by atoms with Crippen LogP contribution in [0.1, 0.15) is 46.5 Å². The van der Waals surface area contributed by atoms with Crippen LogP contribution in [0.5, 0.6) is 0 Å². The average molecular weight is 230 g/mol. The topological polar surface area (TPSA) is 38.7 Å². The number of aliphatic hydroxyl groups is 1. The predicted octanol–water partition coefficient (Wildman–Crippen LogP) is 2.37. The van der Waals surface area contributed by atoms with Crippen molar-refractivity contribution in [3.05, 3.63) is 0 Å². The number of ether oxygens (including phenoxy) is 2. The predicted molar refractivity (Wildman–Crippen MR) is 64.5 cm³/mol. The van der Waals surface area contributed by atoms with E-state index in [1.165, 1.54) is 0 Å². The summed E-state index contributed by atoms with van der Waals surface area (Å²) >= 11 is 0. The molecule has 2 atom stereocenters. The van der Waals surface area contributed by atoms with Crippen molar-refractivity contribution in [2.75, 3.05) is 19.8 Å². The molecule has 1 rings (SSSR count). The van der Waals surface area contributed by atoms with Crippen LogP contribution in [0, 0.1) is 5.41 Å². The molecule has 0 aromatic rings. The van der Waals surface area contributed by atoms with Gasteiger partial charge in [0, 0.05) is 6.61 Å². The Labute approximate surface area is 99.1 Å². The Kier molecular flexibility index (Phi) is 5.73. The van der Waals surface area contributed by atoms with E-state index in [1.54, 1.807) is 0 Å². The molecule has 1 fully saturated rings. The molecule has 0 radical (unpaired) electrons. The summed E-state index contributed by atoms with van der Waals surface area (Å²) < 4.78 is 11.1. The van der Waals surface area contributed by atoms with E-state index in [2.05, 4.69) is 20.8 Å². The highest BCUT2D eigenvalue weighted by molar-refractivity contribution is 4.85. The number of aliphatic hydroxyl groups excluding tert-OH is 1. The summed E-state index contributed by atoms with van der Waals surface area (Å²) in [5.41, 5.74) is 0.300. The molecule has 0 bridgehead atoms. The summed E-state index contributed by atoms with van der Waals surface area (Å²) in [6.45, 7) is 8.59. The highest BCUT2D eigenvalue weighted by Crippen LogP contribution is 2.36. The first-order valence-corrected chi connectivity index (χ1v) is 6.42. The van der Waals surface area contributed by atoms with Gasteiger partial charge in [-0.05, 0) is 31.1 Å². The zero-order chi connectivity index (χ0) is 12.0. The van der Waals surface area contributed by atoms with Crippen LogP contribution in [-0.4, -0.2) is 37.1 Å². The lowest BCUT2D eigenvalue weighted by Gasteiger charge is -2.38. The molecule has 0 amide bonds. The molecule has 0 aromatic carbocycles. The number of hydrogen-bond acceptors (Lipinski definition) is 3. The first-order valence-electron chi connectivity index (χ1n) is 6.42. The summed E-state index contributed by atoms with van der Waals surface area (Å²) in [5, 5.41) is 9.84. The second-order valence-electron chi connectivity index (χ2n) is 5.50. The molecular weight excluding hydrogens is 204 g/mol. The van der Waals surface area contributed by atoms with Gasteiger partial charge in [-0.15, -0.1) is 0 Å². The Morgan fingerprint density at radius 1 is 1.25 bits per heavy atom. The van der Waals surface area contributed by atoms with Gasteiger partial charge in [0.05, 0.1) is 25.4 Å². The lowest BCUT2D eigenvalue weighted by Crippen LogP contribution is -2.39. The van der Waals surface area contributed by atoms with Gasteiger partial charge in [0.25, 0.3) is 0 Å². The van der Waals surface area contributed by atoms with Crippen LogP contribution in [0.25, 0.3) is 0 Å². The van der Waals surface area contributed by atoms with Crippen molar-refractivity contribution in [3.63, 3.8) is 0 Å². The van der Waals surface area contributed by atoms with Crippen molar-refractivity contribution < 1.29 is 14.6 Å². The van der Waals surface area contributed by atoms with E-state index in [9.17, 15) is 5.11 Å². The second-order valence-corrected chi connectivity index (χ2v) is 5.50. The largest absolute Gasteiger partial charge is 0.390 e. The third kappa shape index (κ3) is 4.81. The van der Waals surface area contributed by atoms with Crippen LogP contribution in [0.15, 0.2) is 0 Å². The van der Waals surface area contributed by atoms with Gasteiger partial charge in [-0.1, -0.05) is 20.8 Å². The van der Waals surface area contributed by atoms with Gasteiger partial charge in [0.15, 0.2) is 0 Å². The Balaban J connectivity index is 2.18. The SMILES string of the molecule is CCCOCCOC1CC(C)(C)CCC1O. The lowest BCUT2D eigenvalue weighted by atomic mass is 9.75. The van der Waals surface area contributed by atoms with Crippen LogP contribution in [0.3, 0.4) is 0 Å². The fourth-order valence-corrected chi connectivity index (χ4v) is 2.18. The van der Waals surface area contributed by atoms with E-state index < -0.39 is 0 Å². The van der Waals surface area contributed by atoms with Crippen molar-refractivity contribution >= 4 is 0 Å². The molecule has 96 valence electrons. The zero-order valence-electron chi connectivity index (χ0n) is 10.9. The summed E-state index contributed by atoms with van der Waals surface area (Å²) in [4.78, 5) is 0. The minimum absolute atomic E-state index is 0.00558. The first kappa shape index (κ1) is 13.9. The molecular formula is C13H26O3. The normalized spacial score (nSPS) is 29.2. The third-order valence-corrected chi connectivity index (χ3v) is 3.21. The maximum atomic E-state index is 9.84. The minimum Gasteiger partial charge on any atom is -0.390 e. The van der Waals surface area contributed by atoms with E-state index in [0.29, 0.717) is 18.6 Å². The summed E-state index contributed by atoms with van der Waals surface area (Å²) in [6, 6.07) is 0. The highest BCUT2D eigenvalue weighted by Gasteiger charge is 2.34. The Morgan fingerprint density at radius 3 is 2.69 bits per heavy atom. The standard InChI is InChI=1S/C13H26O3/c1-4-7-15-8-9-16-12-10-13(2,3)6-5-11(12)14/h11-12,14H,4-10H2,1-3H3. The molecule has 0 heterocycles. The molecule has 3 heteroatoms. The summed E-state index contributed by atoms with van der Waals surface area (Å²) in [7, 11) is 0. The minimum atomic E-state index is -0.292. The smallest absolute Gasteiger partial charge is 0.0840 e. The number of hydrogen-bond donors (Lipinski definition) is 1. The molecule has 0 spiro atoms. The van der Waals surface area contributed by atoms with Crippen molar-refractivity contribution in [3.8, 4) is 0 Å².